The Morgan fingerprint density at radius 1 is 1.14 bits per heavy atom. The number of amides is 1. The number of halogens is 2. The lowest BCUT2D eigenvalue weighted by Crippen LogP contribution is -2.52. The van der Waals surface area contributed by atoms with E-state index in [0.717, 1.165) is 38.1 Å². The van der Waals surface area contributed by atoms with Crippen molar-refractivity contribution in [1.82, 2.24) is 10.2 Å². The summed E-state index contributed by atoms with van der Waals surface area (Å²) in [6.45, 7) is 5.76. The molecule has 6 heteroatoms. The van der Waals surface area contributed by atoms with Gasteiger partial charge in [-0.3, -0.25) is 9.69 Å². The predicted octanol–water partition coefficient (Wildman–Crippen LogP) is 4.18. The summed E-state index contributed by atoms with van der Waals surface area (Å²) >= 11 is 0. The maximum atomic E-state index is 13.9. The second-order valence-electron chi connectivity index (χ2n) is 7.62. The number of benzene rings is 2. The Morgan fingerprint density at radius 3 is 2.50 bits per heavy atom. The molecule has 2 aromatic carbocycles. The van der Waals surface area contributed by atoms with E-state index in [9.17, 15) is 13.6 Å². The standard InChI is InChI=1S/C22H23F2N3O/c1-22(2,27-10-3-4-11-27)20(16-8-9-18(23)19(24)13-16)26-21(28)17-7-5-6-15(12-17)14-25/h5-9,12-13,20H,3-4,10-11H2,1-2H3,(H,26,28). The van der Waals surface area contributed by atoms with Crippen molar-refractivity contribution < 1.29 is 13.6 Å². The molecule has 0 saturated carbocycles. The van der Waals surface area contributed by atoms with E-state index >= 15 is 0 Å². The quantitative estimate of drug-likeness (QED) is 0.843. The number of nitrogens with zero attached hydrogens (tertiary/aromatic N) is 2. The Morgan fingerprint density at radius 2 is 1.86 bits per heavy atom. The molecule has 1 N–H and O–H groups in total. The fourth-order valence-corrected chi connectivity index (χ4v) is 3.78. The molecule has 0 aliphatic carbocycles. The third-order valence-corrected chi connectivity index (χ3v) is 5.43. The van der Waals surface area contributed by atoms with Gasteiger partial charge in [0, 0.05) is 11.1 Å². The molecule has 1 saturated heterocycles. The maximum absolute atomic E-state index is 13.9. The van der Waals surface area contributed by atoms with Crippen LogP contribution in [0.5, 0.6) is 0 Å². The van der Waals surface area contributed by atoms with Crippen molar-refractivity contribution in [3.63, 3.8) is 0 Å². The molecule has 4 nitrogen and oxygen atoms in total. The van der Waals surface area contributed by atoms with Crippen LogP contribution in [0.4, 0.5) is 8.78 Å². The molecule has 1 aliphatic heterocycles. The fourth-order valence-electron chi connectivity index (χ4n) is 3.78. The Balaban J connectivity index is 1.96. The van der Waals surface area contributed by atoms with Gasteiger partial charge in [-0.15, -0.1) is 0 Å². The first-order valence-corrected chi connectivity index (χ1v) is 9.34. The second-order valence-corrected chi connectivity index (χ2v) is 7.62. The van der Waals surface area contributed by atoms with Crippen molar-refractivity contribution in [3.8, 4) is 6.07 Å². The van der Waals surface area contributed by atoms with E-state index in [0.29, 0.717) is 16.7 Å². The van der Waals surface area contributed by atoms with E-state index in [1.165, 1.54) is 12.1 Å². The fraction of sp³-hybridized carbons (Fsp3) is 0.364. The summed E-state index contributed by atoms with van der Waals surface area (Å²) in [5, 5.41) is 12.1. The molecule has 3 rings (SSSR count). The van der Waals surface area contributed by atoms with Gasteiger partial charge in [-0.1, -0.05) is 12.1 Å². The molecular weight excluding hydrogens is 360 g/mol. The van der Waals surface area contributed by atoms with E-state index in [1.54, 1.807) is 18.2 Å². The molecule has 1 heterocycles. The molecule has 2 aromatic rings. The number of rotatable bonds is 5. The van der Waals surface area contributed by atoms with Crippen molar-refractivity contribution in [2.75, 3.05) is 13.1 Å². The van der Waals surface area contributed by atoms with Crippen molar-refractivity contribution in [1.29, 1.82) is 5.26 Å². The molecule has 1 atom stereocenters. The lowest BCUT2D eigenvalue weighted by molar-refractivity contribution is 0.0778. The topological polar surface area (TPSA) is 56.1 Å². The predicted molar refractivity (Wildman–Crippen MR) is 103 cm³/mol. The molecule has 146 valence electrons. The summed E-state index contributed by atoms with van der Waals surface area (Å²) in [5.41, 5.74) is 0.726. The Kier molecular flexibility index (Phi) is 5.76. The first kappa shape index (κ1) is 20.0. The number of hydrogen-bond acceptors (Lipinski definition) is 3. The van der Waals surface area contributed by atoms with Gasteiger partial charge in [0.15, 0.2) is 11.6 Å². The minimum atomic E-state index is -0.944. The highest BCUT2D eigenvalue weighted by molar-refractivity contribution is 5.94. The van der Waals surface area contributed by atoms with Crippen LogP contribution in [0.25, 0.3) is 0 Å². The number of nitrogens with one attached hydrogen (secondary N) is 1. The minimum Gasteiger partial charge on any atom is -0.343 e. The van der Waals surface area contributed by atoms with Crippen molar-refractivity contribution in [3.05, 3.63) is 70.8 Å². The lowest BCUT2D eigenvalue weighted by atomic mass is 9.86. The van der Waals surface area contributed by atoms with Crippen LogP contribution in [0.3, 0.4) is 0 Å². The van der Waals surface area contributed by atoms with Gasteiger partial charge in [-0.05, 0) is 75.7 Å². The van der Waals surface area contributed by atoms with Gasteiger partial charge in [0.05, 0.1) is 17.7 Å². The number of nitriles is 1. The average molecular weight is 383 g/mol. The van der Waals surface area contributed by atoms with Crippen LogP contribution in [-0.4, -0.2) is 29.4 Å². The molecular formula is C22H23F2N3O. The van der Waals surface area contributed by atoms with Gasteiger partial charge in [0.1, 0.15) is 0 Å². The molecule has 1 unspecified atom stereocenters. The molecule has 0 bridgehead atoms. The van der Waals surface area contributed by atoms with Gasteiger partial charge in [0.25, 0.3) is 5.91 Å². The highest BCUT2D eigenvalue weighted by atomic mass is 19.2. The normalized spacial score (nSPS) is 15.8. The zero-order valence-electron chi connectivity index (χ0n) is 16.0. The van der Waals surface area contributed by atoms with Crippen LogP contribution < -0.4 is 5.32 Å². The Bertz CT molecular complexity index is 914. The number of likely N-dealkylation sites (tertiary alicyclic amines) is 1. The zero-order valence-corrected chi connectivity index (χ0v) is 16.0. The summed E-state index contributed by atoms with van der Waals surface area (Å²) in [6, 6.07) is 11.6. The highest BCUT2D eigenvalue weighted by Crippen LogP contribution is 2.34. The van der Waals surface area contributed by atoms with Crippen LogP contribution in [0, 0.1) is 23.0 Å². The Hall–Kier alpha value is -2.78. The first-order chi connectivity index (χ1) is 13.3. The van der Waals surface area contributed by atoms with E-state index < -0.39 is 23.2 Å². The van der Waals surface area contributed by atoms with Crippen molar-refractivity contribution in [2.24, 2.45) is 0 Å². The summed E-state index contributed by atoms with van der Waals surface area (Å²) < 4.78 is 27.4. The maximum Gasteiger partial charge on any atom is 0.251 e. The van der Waals surface area contributed by atoms with Crippen molar-refractivity contribution in [2.45, 2.75) is 38.3 Å². The molecule has 0 spiro atoms. The van der Waals surface area contributed by atoms with Crippen LogP contribution in [0.1, 0.15) is 54.2 Å². The summed E-state index contributed by atoms with van der Waals surface area (Å²) in [6.07, 6.45) is 2.12. The van der Waals surface area contributed by atoms with Crippen molar-refractivity contribution >= 4 is 5.91 Å². The summed E-state index contributed by atoms with van der Waals surface area (Å²) in [5.74, 6) is -2.23. The summed E-state index contributed by atoms with van der Waals surface area (Å²) in [7, 11) is 0. The number of hydrogen-bond donors (Lipinski definition) is 1. The molecule has 1 fully saturated rings. The molecule has 0 aromatic heterocycles. The average Bonchev–Trinajstić information content (AvgIpc) is 3.24. The largest absolute Gasteiger partial charge is 0.343 e. The van der Waals surface area contributed by atoms with Crippen LogP contribution in [-0.2, 0) is 0 Å². The van der Waals surface area contributed by atoms with Gasteiger partial charge in [0.2, 0.25) is 0 Å². The zero-order chi connectivity index (χ0) is 20.3. The van der Waals surface area contributed by atoms with E-state index in [4.69, 9.17) is 5.26 Å². The third-order valence-electron chi connectivity index (χ3n) is 5.43. The van der Waals surface area contributed by atoms with Crippen LogP contribution >= 0.6 is 0 Å². The van der Waals surface area contributed by atoms with E-state index in [-0.39, 0.29) is 5.91 Å². The number of carbonyl (C=O) groups is 1. The number of carbonyl (C=O) groups excluding carboxylic acids is 1. The Labute approximate surface area is 163 Å². The SMILES string of the molecule is CC(C)(C(NC(=O)c1cccc(C#N)c1)c1ccc(F)c(F)c1)N1CCCC1. The van der Waals surface area contributed by atoms with E-state index in [1.807, 2.05) is 19.9 Å². The molecule has 1 amide bonds. The van der Waals surface area contributed by atoms with Crippen LogP contribution in [0.15, 0.2) is 42.5 Å². The molecule has 28 heavy (non-hydrogen) atoms. The second kappa shape index (κ2) is 8.07. The highest BCUT2D eigenvalue weighted by Gasteiger charge is 2.39. The minimum absolute atomic E-state index is 0.351. The van der Waals surface area contributed by atoms with Gasteiger partial charge in [-0.2, -0.15) is 5.26 Å². The molecule has 1 aliphatic rings. The summed E-state index contributed by atoms with van der Waals surface area (Å²) in [4.78, 5) is 15.2. The van der Waals surface area contributed by atoms with Gasteiger partial charge < -0.3 is 5.32 Å². The van der Waals surface area contributed by atoms with Crippen LogP contribution in [0.2, 0.25) is 0 Å². The lowest BCUT2D eigenvalue weighted by Gasteiger charge is -2.42. The van der Waals surface area contributed by atoms with Gasteiger partial charge in [-0.25, -0.2) is 8.78 Å². The smallest absolute Gasteiger partial charge is 0.251 e. The first-order valence-electron chi connectivity index (χ1n) is 9.34. The third kappa shape index (κ3) is 4.05. The van der Waals surface area contributed by atoms with E-state index in [2.05, 4.69) is 10.2 Å². The monoisotopic (exact) mass is 383 g/mol. The van der Waals surface area contributed by atoms with Gasteiger partial charge >= 0.3 is 0 Å². The molecule has 0 radical (unpaired) electrons.